The molecule has 46 heavy (non-hydrogen) atoms. The van der Waals surface area contributed by atoms with Gasteiger partial charge in [0.05, 0.1) is 0 Å². The molecule has 0 N–H and O–H groups in total. The second-order valence-corrected chi connectivity index (χ2v) is 10.2. The summed E-state index contributed by atoms with van der Waals surface area (Å²) in [5, 5.41) is 0. The maximum Gasteiger partial charge on any atom is 0.432 e. The summed E-state index contributed by atoms with van der Waals surface area (Å²) >= 11 is 0. The van der Waals surface area contributed by atoms with Crippen LogP contribution in [0.4, 0.5) is 39.5 Å². The van der Waals surface area contributed by atoms with E-state index in [0.717, 1.165) is 36.1 Å². The summed E-state index contributed by atoms with van der Waals surface area (Å²) in [6, 6.07) is 16.7. The van der Waals surface area contributed by atoms with Crippen molar-refractivity contribution in [2.75, 3.05) is 6.86 Å². The Morgan fingerprint density at radius 3 is 1.61 bits per heavy atom. The van der Waals surface area contributed by atoms with Crippen LogP contribution < -0.4 is 9.47 Å². The normalized spacial score (nSPS) is 11.5. The van der Waals surface area contributed by atoms with Crippen LogP contribution in [0.2, 0.25) is 0 Å². The fourth-order valence-electron chi connectivity index (χ4n) is 4.99. The lowest BCUT2D eigenvalue weighted by atomic mass is 9.96. The zero-order chi connectivity index (χ0) is 33.2. The molecule has 5 aromatic rings. The summed E-state index contributed by atoms with van der Waals surface area (Å²) in [7, 11) is 0. The van der Waals surface area contributed by atoms with Gasteiger partial charge in [0.15, 0.2) is 17.4 Å². The van der Waals surface area contributed by atoms with Gasteiger partial charge in [-0.05, 0) is 58.5 Å². The standard InChI is InChI=1S/C35H23F9O2/c1-2-3-19-4-6-20(7-5-19)21-8-10-25(27(37)12-21)22-9-11-26(28(38)13-22)23-14-29(39)33(30(40)15-23)35(43,44)46-24-16-31(41)34(45-18-36)32(42)17-24/h4-17H,2-3,18H2,1H3. The average Bonchev–Trinajstić information content (AvgIpc) is 2.98. The lowest BCUT2D eigenvalue weighted by Gasteiger charge is -2.20. The molecule has 0 saturated carbocycles. The molecule has 0 amide bonds. The van der Waals surface area contributed by atoms with Gasteiger partial charge in [-0.25, -0.2) is 30.7 Å². The molecule has 0 aliphatic heterocycles. The SMILES string of the molecule is CCCc1ccc(-c2ccc(-c3ccc(-c4cc(F)c(C(F)(F)Oc5cc(F)c(OCF)c(F)c5)c(F)c4)c(F)c3)c(F)c2)cc1. The minimum atomic E-state index is -4.79. The Morgan fingerprint density at radius 1 is 0.565 bits per heavy atom. The van der Waals surface area contributed by atoms with Gasteiger partial charge in [-0.2, -0.15) is 8.78 Å². The zero-order valence-corrected chi connectivity index (χ0v) is 23.9. The summed E-state index contributed by atoms with van der Waals surface area (Å²) in [6.07, 6.45) is -2.89. The molecule has 0 fully saturated rings. The van der Waals surface area contributed by atoms with E-state index in [0.29, 0.717) is 17.7 Å². The quantitative estimate of drug-likeness (QED) is 0.141. The first-order valence-electron chi connectivity index (χ1n) is 13.8. The van der Waals surface area contributed by atoms with Crippen molar-refractivity contribution in [2.24, 2.45) is 0 Å². The van der Waals surface area contributed by atoms with E-state index in [9.17, 15) is 30.7 Å². The number of rotatable bonds is 10. The molecule has 11 heteroatoms. The molecule has 5 rings (SSSR count). The van der Waals surface area contributed by atoms with Gasteiger partial charge in [0.2, 0.25) is 6.86 Å². The lowest BCUT2D eigenvalue weighted by molar-refractivity contribution is -0.189. The van der Waals surface area contributed by atoms with E-state index < -0.39 is 70.5 Å². The first-order chi connectivity index (χ1) is 21.9. The van der Waals surface area contributed by atoms with Crippen molar-refractivity contribution in [1.29, 1.82) is 0 Å². The smallest absolute Gasteiger partial charge is 0.432 e. The number of hydrogen-bond donors (Lipinski definition) is 0. The van der Waals surface area contributed by atoms with Crippen LogP contribution in [0, 0.1) is 34.9 Å². The van der Waals surface area contributed by atoms with Crippen LogP contribution in [0.25, 0.3) is 33.4 Å². The molecule has 0 aromatic heterocycles. The number of aryl methyl sites for hydroxylation is 1. The number of hydrogen-bond acceptors (Lipinski definition) is 2. The molecule has 238 valence electrons. The Balaban J connectivity index is 1.39. The van der Waals surface area contributed by atoms with Gasteiger partial charge in [0, 0.05) is 23.3 Å². The Morgan fingerprint density at radius 2 is 1.07 bits per heavy atom. The van der Waals surface area contributed by atoms with E-state index in [1.54, 1.807) is 6.07 Å². The van der Waals surface area contributed by atoms with Crippen LogP contribution in [0.1, 0.15) is 24.5 Å². The third-order valence-corrected chi connectivity index (χ3v) is 7.14. The van der Waals surface area contributed by atoms with Crippen molar-refractivity contribution in [2.45, 2.75) is 25.9 Å². The summed E-state index contributed by atoms with van der Waals surface area (Å²) in [5.74, 6) is -11.0. The Kier molecular flexibility index (Phi) is 9.32. The van der Waals surface area contributed by atoms with Crippen LogP contribution >= 0.6 is 0 Å². The van der Waals surface area contributed by atoms with Gasteiger partial charge in [-0.15, -0.1) is 0 Å². The molecular weight excluding hydrogens is 623 g/mol. The first-order valence-corrected chi connectivity index (χ1v) is 13.8. The highest BCUT2D eigenvalue weighted by Gasteiger charge is 2.41. The maximum atomic E-state index is 15.2. The maximum absolute atomic E-state index is 15.2. The van der Waals surface area contributed by atoms with Crippen LogP contribution in [-0.2, 0) is 12.5 Å². The molecule has 2 nitrogen and oxygen atoms in total. The van der Waals surface area contributed by atoms with Crippen molar-refractivity contribution in [3.63, 3.8) is 0 Å². The monoisotopic (exact) mass is 646 g/mol. The van der Waals surface area contributed by atoms with E-state index in [2.05, 4.69) is 16.4 Å². The first kappa shape index (κ1) is 32.5. The Labute approximate surface area is 257 Å². The summed E-state index contributed by atoms with van der Waals surface area (Å²) in [6.45, 7) is 0.449. The molecule has 0 atom stereocenters. The highest BCUT2D eigenvalue weighted by molar-refractivity contribution is 5.74. The average molecular weight is 647 g/mol. The van der Waals surface area contributed by atoms with E-state index in [1.165, 1.54) is 18.2 Å². The van der Waals surface area contributed by atoms with E-state index in [-0.39, 0.29) is 28.8 Å². The van der Waals surface area contributed by atoms with Crippen molar-refractivity contribution in [1.82, 2.24) is 0 Å². The second kappa shape index (κ2) is 13.2. The van der Waals surface area contributed by atoms with E-state index >= 15 is 8.78 Å². The fraction of sp³-hybridized carbons (Fsp3) is 0.143. The second-order valence-electron chi connectivity index (χ2n) is 10.2. The predicted octanol–water partition coefficient (Wildman–Crippen LogP) is 10.9. The molecule has 0 heterocycles. The van der Waals surface area contributed by atoms with Crippen molar-refractivity contribution < 1.29 is 49.0 Å². The predicted molar refractivity (Wildman–Crippen MR) is 154 cm³/mol. The van der Waals surface area contributed by atoms with Gasteiger partial charge in [0.1, 0.15) is 34.6 Å². The molecule has 0 radical (unpaired) electrons. The molecule has 0 bridgehead atoms. The highest BCUT2D eigenvalue weighted by Crippen LogP contribution is 2.39. The van der Waals surface area contributed by atoms with Gasteiger partial charge in [-0.3, -0.25) is 0 Å². The van der Waals surface area contributed by atoms with Crippen LogP contribution in [0.15, 0.2) is 84.9 Å². The van der Waals surface area contributed by atoms with Crippen molar-refractivity contribution in [3.8, 4) is 44.9 Å². The lowest BCUT2D eigenvalue weighted by Crippen LogP contribution is -2.25. The summed E-state index contributed by atoms with van der Waals surface area (Å²) in [4.78, 5) is 0. The van der Waals surface area contributed by atoms with Gasteiger partial charge >= 0.3 is 6.11 Å². The van der Waals surface area contributed by atoms with Crippen molar-refractivity contribution >= 4 is 0 Å². The summed E-state index contributed by atoms with van der Waals surface area (Å²) in [5.41, 5.74) is -0.0542. The number of benzene rings is 5. The molecular formula is C35H23F9O2. The number of halogens is 9. The molecule has 0 aliphatic carbocycles. The Bertz CT molecular complexity index is 1840. The molecule has 0 unspecified atom stereocenters. The number of ether oxygens (including phenoxy) is 2. The zero-order valence-electron chi connectivity index (χ0n) is 23.9. The van der Waals surface area contributed by atoms with E-state index in [4.69, 9.17) is 0 Å². The van der Waals surface area contributed by atoms with Gasteiger partial charge < -0.3 is 9.47 Å². The number of alkyl halides is 3. The fourth-order valence-corrected chi connectivity index (χ4v) is 4.99. The summed E-state index contributed by atoms with van der Waals surface area (Å²) < 4.78 is 138. The third-order valence-electron chi connectivity index (χ3n) is 7.14. The Hall–Kier alpha value is -4.93. The molecule has 0 saturated heterocycles. The topological polar surface area (TPSA) is 18.5 Å². The molecule has 5 aromatic carbocycles. The minimum Gasteiger partial charge on any atom is -0.457 e. The van der Waals surface area contributed by atoms with Gasteiger partial charge in [0.25, 0.3) is 0 Å². The minimum absolute atomic E-state index is 0.0541. The van der Waals surface area contributed by atoms with Gasteiger partial charge in [-0.1, -0.05) is 61.9 Å². The van der Waals surface area contributed by atoms with Crippen LogP contribution in [-0.4, -0.2) is 6.86 Å². The largest absolute Gasteiger partial charge is 0.457 e. The van der Waals surface area contributed by atoms with Crippen LogP contribution in [0.3, 0.4) is 0 Å². The third kappa shape index (κ3) is 6.68. The van der Waals surface area contributed by atoms with E-state index in [1.807, 2.05) is 24.3 Å². The van der Waals surface area contributed by atoms with Crippen molar-refractivity contribution in [3.05, 3.63) is 131 Å². The highest BCUT2D eigenvalue weighted by atomic mass is 19.3. The molecule has 0 aliphatic rings. The van der Waals surface area contributed by atoms with Crippen LogP contribution in [0.5, 0.6) is 11.5 Å². The molecule has 0 spiro atoms.